The van der Waals surface area contributed by atoms with Crippen molar-refractivity contribution in [2.45, 2.75) is 45.8 Å². The third-order valence-corrected chi connectivity index (χ3v) is 3.75. The Balaban J connectivity index is 2.09. The van der Waals surface area contributed by atoms with E-state index in [2.05, 4.69) is 9.97 Å². The van der Waals surface area contributed by atoms with Crippen molar-refractivity contribution in [3.63, 3.8) is 0 Å². The number of nitrogens with two attached hydrogens (primary N) is 1. The van der Waals surface area contributed by atoms with Gasteiger partial charge >= 0.3 is 6.09 Å². The molecule has 0 aliphatic carbocycles. The summed E-state index contributed by atoms with van der Waals surface area (Å²) in [6.45, 7) is 6.58. The first kappa shape index (κ1) is 15.3. The van der Waals surface area contributed by atoms with Gasteiger partial charge in [-0.1, -0.05) is 20.8 Å². The smallest absolute Gasteiger partial charge is 0.407 e. The van der Waals surface area contributed by atoms with Gasteiger partial charge in [0.15, 0.2) is 0 Å². The second-order valence-electron chi connectivity index (χ2n) is 6.40. The van der Waals surface area contributed by atoms with Crippen LogP contribution in [0.3, 0.4) is 0 Å². The van der Waals surface area contributed by atoms with E-state index < -0.39 is 6.09 Å². The molecule has 1 aromatic rings. The quantitative estimate of drug-likeness (QED) is 0.865. The molecule has 116 valence electrons. The van der Waals surface area contributed by atoms with Gasteiger partial charge in [0.25, 0.3) is 0 Å². The van der Waals surface area contributed by atoms with Gasteiger partial charge in [-0.2, -0.15) is 0 Å². The first-order valence-electron chi connectivity index (χ1n) is 7.01. The average molecular weight is 294 g/mol. The van der Waals surface area contributed by atoms with Crippen LogP contribution in [-0.4, -0.2) is 44.8 Å². The van der Waals surface area contributed by atoms with Crippen LogP contribution in [0.1, 0.15) is 33.6 Å². The summed E-state index contributed by atoms with van der Waals surface area (Å²) in [7, 11) is 0. The molecule has 21 heavy (non-hydrogen) atoms. The van der Waals surface area contributed by atoms with E-state index in [0.717, 1.165) is 0 Å². The molecule has 2 atom stereocenters. The monoisotopic (exact) mass is 294 g/mol. The van der Waals surface area contributed by atoms with E-state index >= 15 is 0 Å². The fraction of sp³-hybridized carbons (Fsp3) is 0.643. The zero-order chi connectivity index (χ0) is 15.6. The van der Waals surface area contributed by atoms with Gasteiger partial charge in [-0.25, -0.2) is 14.8 Å². The van der Waals surface area contributed by atoms with Crippen LogP contribution in [0.15, 0.2) is 12.4 Å². The number of carbonyl (C=O) groups is 1. The van der Waals surface area contributed by atoms with Gasteiger partial charge in [0.05, 0.1) is 0 Å². The number of nitrogen functional groups attached to an aromatic ring is 1. The van der Waals surface area contributed by atoms with Crippen molar-refractivity contribution in [1.29, 1.82) is 0 Å². The number of ether oxygens (including phenoxy) is 1. The molecule has 3 N–H and O–H groups in total. The molecule has 0 aromatic carbocycles. The topological polar surface area (TPSA) is 102 Å². The van der Waals surface area contributed by atoms with Crippen molar-refractivity contribution in [3.8, 4) is 5.88 Å². The zero-order valence-electron chi connectivity index (χ0n) is 12.6. The van der Waals surface area contributed by atoms with Crippen molar-refractivity contribution < 1.29 is 14.6 Å². The Kier molecular flexibility index (Phi) is 4.20. The van der Waals surface area contributed by atoms with Gasteiger partial charge < -0.3 is 20.5 Å². The number of anilines is 1. The number of hydrogen-bond donors (Lipinski definition) is 2. The molecule has 2 heterocycles. The molecule has 0 saturated carbocycles. The molecule has 2 unspecified atom stereocenters. The molecule has 7 heteroatoms. The lowest BCUT2D eigenvalue weighted by Gasteiger charge is -2.44. The highest BCUT2D eigenvalue weighted by atomic mass is 16.5. The molecule has 1 aromatic heterocycles. The third kappa shape index (κ3) is 3.74. The Labute approximate surface area is 124 Å². The maximum atomic E-state index is 11.4. The minimum Gasteiger partial charge on any atom is -0.474 e. The number of aromatic nitrogens is 2. The number of piperidine rings is 1. The number of hydrogen-bond acceptors (Lipinski definition) is 5. The Morgan fingerprint density at radius 1 is 1.48 bits per heavy atom. The maximum Gasteiger partial charge on any atom is 0.407 e. The number of likely N-dealkylation sites (tertiary alicyclic amines) is 1. The Morgan fingerprint density at radius 2 is 2.19 bits per heavy atom. The van der Waals surface area contributed by atoms with Crippen molar-refractivity contribution in [2.75, 3.05) is 12.3 Å². The van der Waals surface area contributed by atoms with Crippen LogP contribution in [0.4, 0.5) is 10.6 Å². The van der Waals surface area contributed by atoms with E-state index in [1.165, 1.54) is 11.2 Å². The number of rotatable bonds is 2. The minimum atomic E-state index is -0.875. The second kappa shape index (κ2) is 5.75. The largest absolute Gasteiger partial charge is 0.474 e. The summed E-state index contributed by atoms with van der Waals surface area (Å²) < 4.78 is 5.84. The zero-order valence-corrected chi connectivity index (χ0v) is 12.6. The maximum absolute atomic E-state index is 11.4. The van der Waals surface area contributed by atoms with Gasteiger partial charge in [0, 0.05) is 31.5 Å². The van der Waals surface area contributed by atoms with Crippen LogP contribution in [0.2, 0.25) is 0 Å². The molecule has 1 amide bonds. The first-order chi connectivity index (χ1) is 9.77. The SMILES string of the molecule is CC(C)(C)C1CC(Oc2cc(N)ncn2)CCN1C(=O)O. The second-order valence-corrected chi connectivity index (χ2v) is 6.40. The van der Waals surface area contributed by atoms with E-state index in [4.69, 9.17) is 10.5 Å². The summed E-state index contributed by atoms with van der Waals surface area (Å²) >= 11 is 0. The summed E-state index contributed by atoms with van der Waals surface area (Å²) in [6, 6.07) is 1.49. The molecule has 1 aliphatic rings. The highest BCUT2D eigenvalue weighted by Crippen LogP contribution is 2.33. The lowest BCUT2D eigenvalue weighted by molar-refractivity contribution is 0.0117. The van der Waals surface area contributed by atoms with Crippen molar-refractivity contribution >= 4 is 11.9 Å². The molecule has 0 spiro atoms. The molecule has 0 radical (unpaired) electrons. The Hall–Kier alpha value is -2.05. The van der Waals surface area contributed by atoms with Crippen molar-refractivity contribution in [3.05, 3.63) is 12.4 Å². The van der Waals surface area contributed by atoms with Gasteiger partial charge in [0.1, 0.15) is 18.2 Å². The highest BCUT2D eigenvalue weighted by molar-refractivity contribution is 5.65. The molecule has 1 aliphatic heterocycles. The molecule has 2 rings (SSSR count). The summed E-state index contributed by atoms with van der Waals surface area (Å²) in [5.74, 6) is 0.791. The number of nitrogens with zero attached hydrogens (tertiary/aromatic N) is 3. The number of carboxylic acid groups (broad SMARTS) is 1. The van der Waals surface area contributed by atoms with Crippen LogP contribution < -0.4 is 10.5 Å². The summed E-state index contributed by atoms with van der Waals surface area (Å²) in [4.78, 5) is 20.7. The standard InChI is InChI=1S/C14H22N4O3/c1-14(2,3)10-6-9(4-5-18(10)13(19)20)21-12-7-11(15)16-8-17-12/h7-10H,4-6H2,1-3H3,(H,19,20)(H2,15,16,17). The van der Waals surface area contributed by atoms with Crippen LogP contribution in [0.25, 0.3) is 0 Å². The fourth-order valence-corrected chi connectivity index (χ4v) is 2.68. The van der Waals surface area contributed by atoms with E-state index in [1.807, 2.05) is 20.8 Å². The van der Waals surface area contributed by atoms with E-state index in [0.29, 0.717) is 31.1 Å². The van der Waals surface area contributed by atoms with Crippen LogP contribution >= 0.6 is 0 Å². The Bertz CT molecular complexity index is 515. The fourth-order valence-electron chi connectivity index (χ4n) is 2.68. The molecular weight excluding hydrogens is 272 g/mol. The molecule has 1 fully saturated rings. The highest BCUT2D eigenvalue weighted by Gasteiger charge is 2.39. The normalized spacial score (nSPS) is 22.9. The lowest BCUT2D eigenvalue weighted by atomic mass is 9.80. The molecule has 1 saturated heterocycles. The predicted molar refractivity (Wildman–Crippen MR) is 78.1 cm³/mol. The van der Waals surface area contributed by atoms with Crippen LogP contribution in [0, 0.1) is 5.41 Å². The van der Waals surface area contributed by atoms with Crippen molar-refractivity contribution in [2.24, 2.45) is 5.41 Å². The first-order valence-corrected chi connectivity index (χ1v) is 7.01. The number of amides is 1. The van der Waals surface area contributed by atoms with Gasteiger partial charge in [-0.3, -0.25) is 0 Å². The summed E-state index contributed by atoms with van der Waals surface area (Å²) in [5, 5.41) is 9.33. The van der Waals surface area contributed by atoms with Gasteiger partial charge in [-0.05, 0) is 5.41 Å². The Morgan fingerprint density at radius 3 is 2.76 bits per heavy atom. The van der Waals surface area contributed by atoms with E-state index in [9.17, 15) is 9.90 Å². The molecular formula is C14H22N4O3. The minimum absolute atomic E-state index is 0.0703. The third-order valence-electron chi connectivity index (χ3n) is 3.75. The molecule has 7 nitrogen and oxygen atoms in total. The van der Waals surface area contributed by atoms with Crippen molar-refractivity contribution in [1.82, 2.24) is 14.9 Å². The summed E-state index contributed by atoms with van der Waals surface area (Å²) in [6.07, 6.45) is 1.69. The lowest BCUT2D eigenvalue weighted by Crippen LogP contribution is -2.53. The predicted octanol–water partition coefficient (Wildman–Crippen LogP) is 1.99. The van der Waals surface area contributed by atoms with Gasteiger partial charge in [-0.15, -0.1) is 0 Å². The van der Waals surface area contributed by atoms with E-state index in [1.54, 1.807) is 6.07 Å². The van der Waals surface area contributed by atoms with Gasteiger partial charge in [0.2, 0.25) is 5.88 Å². The van der Waals surface area contributed by atoms with Crippen LogP contribution in [-0.2, 0) is 0 Å². The average Bonchev–Trinajstić information content (AvgIpc) is 2.37. The summed E-state index contributed by atoms with van der Waals surface area (Å²) in [5.41, 5.74) is 5.46. The van der Waals surface area contributed by atoms with Crippen LogP contribution in [0.5, 0.6) is 5.88 Å². The molecule has 0 bridgehead atoms. The van der Waals surface area contributed by atoms with E-state index in [-0.39, 0.29) is 17.6 Å².